The summed E-state index contributed by atoms with van der Waals surface area (Å²) in [6.07, 6.45) is 6.15. The number of Topliss-reactive ketones (excluding diaryl/α,β-unsaturated/α-hetero) is 3. The van der Waals surface area contributed by atoms with Crippen molar-refractivity contribution < 1.29 is 38.6 Å². The molecule has 0 saturated carbocycles. The van der Waals surface area contributed by atoms with Crippen LogP contribution in [0, 0.1) is 0 Å². The molecule has 2 saturated heterocycles. The van der Waals surface area contributed by atoms with Crippen molar-refractivity contribution in [2.75, 3.05) is 37.7 Å². The highest BCUT2D eigenvalue weighted by Gasteiger charge is 2.45. The third-order valence-electron chi connectivity index (χ3n) is 8.61. The molecule has 10 nitrogen and oxygen atoms in total. The van der Waals surface area contributed by atoms with E-state index in [2.05, 4.69) is 17.9 Å². The third kappa shape index (κ3) is 8.54. The fourth-order valence-corrected chi connectivity index (χ4v) is 7.59. The highest BCUT2D eigenvalue weighted by atomic mass is 32.2. The maximum atomic E-state index is 12.3. The number of ketones is 4. The van der Waals surface area contributed by atoms with Crippen LogP contribution in [0.3, 0.4) is 0 Å². The van der Waals surface area contributed by atoms with Gasteiger partial charge in [0.15, 0.2) is 0 Å². The summed E-state index contributed by atoms with van der Waals surface area (Å²) in [6, 6.07) is 14.3. The number of carbonyl (C=O) groups is 5. The fraction of sp³-hybridized carbons (Fsp3) is 0.432. The number of rotatable bonds is 1. The summed E-state index contributed by atoms with van der Waals surface area (Å²) in [5.74, 6) is 0.00853. The van der Waals surface area contributed by atoms with Crippen LogP contribution in [-0.2, 0) is 19.1 Å². The van der Waals surface area contributed by atoms with Gasteiger partial charge in [-0.15, -0.1) is 11.8 Å². The van der Waals surface area contributed by atoms with Gasteiger partial charge in [0.2, 0.25) is 23.1 Å². The van der Waals surface area contributed by atoms with Gasteiger partial charge in [-0.2, -0.15) is 12.6 Å². The number of allylic oxidation sites excluding steroid dienone is 2. The van der Waals surface area contributed by atoms with Crippen molar-refractivity contribution in [3.63, 3.8) is 0 Å². The molecule has 2 atom stereocenters. The molecule has 7 rings (SSSR count). The van der Waals surface area contributed by atoms with Gasteiger partial charge in [-0.3, -0.25) is 19.2 Å². The van der Waals surface area contributed by atoms with E-state index < -0.39 is 34.3 Å². The second-order valence-corrected chi connectivity index (χ2v) is 15.0. The molecular weight excluding hydrogens is 665 g/mol. The number of aliphatic hydroxyl groups is 1. The standard InChI is InChI=1S/C16H15NO3S.C11H21NO3S.C10H6O2/c18-12-10-4-1-2-5-11(10)14-15(13(12)19)21-9-16(20-14)6-3-7-17-8-16;1-10(2,3)15-9(13)12-6-4-5-11(14,7-12)8-16;11-9-6-5-7-3-1-2-4-8(7)10(9)12/h1-2,4-5,17H,3,6-9H2;14,16H,4-8H2,1-3H3;1-6H. The number of thiol groups is 1. The van der Waals surface area contributed by atoms with E-state index in [1.807, 2.05) is 45.0 Å². The van der Waals surface area contributed by atoms with Gasteiger partial charge in [-0.05, 0) is 64.6 Å². The zero-order valence-electron chi connectivity index (χ0n) is 28.0. The van der Waals surface area contributed by atoms with Gasteiger partial charge in [-0.25, -0.2) is 4.79 Å². The Morgan fingerprint density at radius 3 is 2.33 bits per heavy atom. The Labute approximate surface area is 296 Å². The molecule has 2 aromatic carbocycles. The number of nitrogens with zero attached hydrogens (tertiary/aromatic N) is 1. The fourth-order valence-electron chi connectivity index (χ4n) is 6.11. The second-order valence-electron chi connectivity index (χ2n) is 13.7. The van der Waals surface area contributed by atoms with Crippen LogP contribution < -0.4 is 5.32 Å². The molecule has 2 N–H and O–H groups in total. The van der Waals surface area contributed by atoms with Gasteiger partial charge in [0.25, 0.3) is 0 Å². The van der Waals surface area contributed by atoms with Crippen LogP contribution in [0.2, 0.25) is 0 Å². The molecule has 3 aliphatic heterocycles. The molecular formula is C37H42N2O8S2. The molecule has 1 amide bonds. The lowest BCUT2D eigenvalue weighted by Crippen LogP contribution is -2.52. The number of carbonyl (C=O) groups excluding carboxylic acids is 5. The number of β-amino-alcohol motifs (C(OH)–C–C–N with tert-alkyl or cyclic N) is 1. The molecule has 49 heavy (non-hydrogen) atoms. The highest BCUT2D eigenvalue weighted by Crippen LogP contribution is 2.45. The first-order valence-corrected chi connectivity index (χ1v) is 18.0. The number of nitrogens with one attached hydrogen (secondary N) is 1. The summed E-state index contributed by atoms with van der Waals surface area (Å²) in [5, 5.41) is 13.4. The van der Waals surface area contributed by atoms with E-state index in [9.17, 15) is 29.1 Å². The SMILES string of the molecule is CC(C)(C)OC(=O)N1CCCC(O)(CS)C1.O=C1C(=O)c2ccccc2C2=C1SCC1(CCCNC1)O2.O=C1C=Cc2ccccc2C1=O. The lowest BCUT2D eigenvalue weighted by atomic mass is 9.91. The first kappa shape index (κ1) is 36.6. The van der Waals surface area contributed by atoms with Crippen LogP contribution in [0.5, 0.6) is 0 Å². The summed E-state index contributed by atoms with van der Waals surface area (Å²) >= 11 is 5.59. The van der Waals surface area contributed by atoms with E-state index in [1.165, 1.54) is 17.8 Å². The van der Waals surface area contributed by atoms with Gasteiger partial charge < -0.3 is 24.8 Å². The average molecular weight is 707 g/mol. The molecule has 2 aliphatic carbocycles. The second kappa shape index (κ2) is 15.0. The summed E-state index contributed by atoms with van der Waals surface area (Å²) in [7, 11) is 0. The largest absolute Gasteiger partial charge is 0.483 e. The molecule has 2 fully saturated rings. The van der Waals surface area contributed by atoms with E-state index in [1.54, 1.807) is 35.2 Å². The number of likely N-dealkylation sites (tertiary alicyclic amines) is 1. The van der Waals surface area contributed by atoms with Crippen molar-refractivity contribution in [2.24, 2.45) is 0 Å². The lowest BCUT2D eigenvalue weighted by Gasteiger charge is -2.42. The monoisotopic (exact) mass is 706 g/mol. The van der Waals surface area contributed by atoms with Crippen molar-refractivity contribution in [3.8, 4) is 0 Å². The van der Waals surface area contributed by atoms with Gasteiger partial charge in [0.1, 0.15) is 21.9 Å². The Kier molecular flexibility index (Phi) is 11.2. The van der Waals surface area contributed by atoms with E-state index in [0.29, 0.717) is 47.1 Å². The molecule has 0 radical (unpaired) electrons. The van der Waals surface area contributed by atoms with Crippen molar-refractivity contribution in [2.45, 2.75) is 63.3 Å². The van der Waals surface area contributed by atoms with Crippen LogP contribution in [0.15, 0.2) is 59.5 Å². The van der Waals surface area contributed by atoms with Gasteiger partial charge >= 0.3 is 6.09 Å². The summed E-state index contributed by atoms with van der Waals surface area (Å²) < 4.78 is 11.6. The predicted molar refractivity (Wildman–Crippen MR) is 192 cm³/mol. The first-order chi connectivity index (χ1) is 23.2. The quantitative estimate of drug-likeness (QED) is 0.270. The molecule has 2 aromatic rings. The van der Waals surface area contributed by atoms with Crippen molar-refractivity contribution in [1.82, 2.24) is 10.2 Å². The Hall–Kier alpha value is -3.71. The van der Waals surface area contributed by atoms with E-state index in [-0.39, 0.29) is 11.7 Å². The Balaban J connectivity index is 0.000000150. The third-order valence-corrected chi connectivity index (χ3v) is 10.5. The molecule has 2 unspecified atom stereocenters. The van der Waals surface area contributed by atoms with Crippen LogP contribution in [0.4, 0.5) is 4.79 Å². The molecule has 5 aliphatic rings. The van der Waals surface area contributed by atoms with Crippen LogP contribution in [0.25, 0.3) is 11.8 Å². The number of hydrogen-bond acceptors (Lipinski definition) is 11. The predicted octanol–water partition coefficient (Wildman–Crippen LogP) is 5.15. The van der Waals surface area contributed by atoms with Crippen molar-refractivity contribution in [3.05, 3.63) is 81.8 Å². The van der Waals surface area contributed by atoms with Crippen LogP contribution >= 0.6 is 24.4 Å². The minimum absolute atomic E-state index is 0.254. The van der Waals surface area contributed by atoms with Gasteiger partial charge in [-0.1, -0.05) is 54.6 Å². The topological polar surface area (TPSA) is 139 Å². The maximum Gasteiger partial charge on any atom is 0.410 e. The number of hydrogen-bond donors (Lipinski definition) is 3. The first-order valence-electron chi connectivity index (χ1n) is 16.4. The molecule has 0 bridgehead atoms. The normalized spacial score (nSPS) is 24.4. The summed E-state index contributed by atoms with van der Waals surface area (Å²) in [5.41, 5.74) is 0.936. The molecule has 1 spiro atoms. The van der Waals surface area contributed by atoms with Crippen LogP contribution in [-0.4, -0.2) is 93.7 Å². The molecule has 260 valence electrons. The number of amides is 1. The van der Waals surface area contributed by atoms with E-state index in [0.717, 1.165) is 49.2 Å². The molecule has 3 heterocycles. The smallest absolute Gasteiger partial charge is 0.410 e. The minimum atomic E-state index is -0.863. The van der Waals surface area contributed by atoms with Crippen molar-refractivity contribution in [1.29, 1.82) is 0 Å². The van der Waals surface area contributed by atoms with Gasteiger partial charge in [0.05, 0.1) is 12.1 Å². The number of benzene rings is 2. The minimum Gasteiger partial charge on any atom is -0.483 e. The maximum absolute atomic E-state index is 12.3. The number of thioether (sulfide) groups is 1. The van der Waals surface area contributed by atoms with Crippen molar-refractivity contribution >= 4 is 65.5 Å². The zero-order valence-corrected chi connectivity index (χ0v) is 29.7. The average Bonchev–Trinajstić information content (AvgIpc) is 3.09. The number of ether oxygens (including phenoxy) is 2. The summed E-state index contributed by atoms with van der Waals surface area (Å²) in [6.45, 7) is 8.26. The Morgan fingerprint density at radius 2 is 1.65 bits per heavy atom. The highest BCUT2D eigenvalue weighted by molar-refractivity contribution is 8.04. The molecule has 0 aromatic heterocycles. The summed E-state index contributed by atoms with van der Waals surface area (Å²) in [4.78, 5) is 60.4. The lowest BCUT2D eigenvalue weighted by molar-refractivity contribution is -0.111. The van der Waals surface area contributed by atoms with Gasteiger partial charge in [0, 0.05) is 41.3 Å². The molecule has 12 heteroatoms. The number of fused-ring (bicyclic) bond motifs is 3. The zero-order chi connectivity index (χ0) is 35.4. The van der Waals surface area contributed by atoms with Crippen LogP contribution in [0.1, 0.15) is 78.3 Å². The Morgan fingerprint density at radius 1 is 0.959 bits per heavy atom. The van der Waals surface area contributed by atoms with E-state index in [4.69, 9.17) is 9.47 Å². The van der Waals surface area contributed by atoms with E-state index >= 15 is 0 Å². The number of piperidine rings is 2. The Bertz CT molecular complexity index is 1710.